The highest BCUT2D eigenvalue weighted by molar-refractivity contribution is 5.41. The molecule has 19 heavy (non-hydrogen) atoms. The highest BCUT2D eigenvalue weighted by Crippen LogP contribution is 2.27. The summed E-state index contributed by atoms with van der Waals surface area (Å²) in [5, 5.41) is 3.64. The Balaban J connectivity index is 2.43. The number of aryl methyl sites for hydroxylation is 2. The van der Waals surface area contributed by atoms with Gasteiger partial charge in [-0.2, -0.15) is 0 Å². The molecular formula is C17H22N2. The minimum absolute atomic E-state index is 0.231. The van der Waals surface area contributed by atoms with Crippen LogP contribution in [0.4, 0.5) is 0 Å². The van der Waals surface area contributed by atoms with Gasteiger partial charge in [0.15, 0.2) is 0 Å². The van der Waals surface area contributed by atoms with Gasteiger partial charge in [-0.25, -0.2) is 0 Å². The Morgan fingerprint density at radius 3 is 2.42 bits per heavy atom. The smallest absolute Gasteiger partial charge is 0.0597 e. The Kier molecular flexibility index (Phi) is 4.69. The second-order valence-electron chi connectivity index (χ2n) is 4.98. The fraction of sp³-hybridized carbons (Fsp3) is 0.353. The van der Waals surface area contributed by atoms with Gasteiger partial charge in [0.2, 0.25) is 0 Å². The van der Waals surface area contributed by atoms with Crippen LogP contribution in [0.5, 0.6) is 0 Å². The van der Waals surface area contributed by atoms with E-state index in [0.29, 0.717) is 0 Å². The van der Waals surface area contributed by atoms with E-state index in [1.165, 1.54) is 22.3 Å². The molecule has 2 nitrogen and oxygen atoms in total. The third kappa shape index (κ3) is 3.21. The molecule has 0 aliphatic carbocycles. The monoisotopic (exact) mass is 254 g/mol. The van der Waals surface area contributed by atoms with Crippen LogP contribution in [0.15, 0.2) is 42.7 Å². The van der Waals surface area contributed by atoms with Crippen molar-refractivity contribution in [3.63, 3.8) is 0 Å². The van der Waals surface area contributed by atoms with Gasteiger partial charge in [-0.3, -0.25) is 4.98 Å². The van der Waals surface area contributed by atoms with Gasteiger partial charge in [-0.15, -0.1) is 0 Å². The minimum Gasteiger partial charge on any atom is -0.306 e. The summed E-state index contributed by atoms with van der Waals surface area (Å²) in [5.74, 6) is 0. The highest BCUT2D eigenvalue weighted by atomic mass is 14.9. The van der Waals surface area contributed by atoms with E-state index in [4.69, 9.17) is 0 Å². The topological polar surface area (TPSA) is 24.9 Å². The van der Waals surface area contributed by atoms with Crippen LogP contribution in [0.25, 0.3) is 0 Å². The maximum Gasteiger partial charge on any atom is 0.0597 e. The zero-order chi connectivity index (χ0) is 13.7. The Bertz CT molecular complexity index is 500. The van der Waals surface area contributed by atoms with Gasteiger partial charge in [-0.05, 0) is 55.1 Å². The molecule has 1 aromatic heterocycles. The van der Waals surface area contributed by atoms with Crippen LogP contribution in [0.2, 0.25) is 0 Å². The van der Waals surface area contributed by atoms with Crippen molar-refractivity contribution in [1.82, 2.24) is 10.3 Å². The molecule has 0 spiro atoms. The lowest BCUT2D eigenvalue weighted by Gasteiger charge is -2.23. The summed E-state index contributed by atoms with van der Waals surface area (Å²) in [5.41, 5.74) is 5.27. The molecule has 0 saturated carbocycles. The van der Waals surface area contributed by atoms with E-state index in [1.807, 2.05) is 18.5 Å². The maximum absolute atomic E-state index is 4.26. The summed E-state index contributed by atoms with van der Waals surface area (Å²) in [6.45, 7) is 7.56. The second kappa shape index (κ2) is 6.48. The molecular weight excluding hydrogens is 232 g/mol. The summed E-state index contributed by atoms with van der Waals surface area (Å²) in [6, 6.07) is 10.9. The lowest BCUT2D eigenvalue weighted by Crippen LogP contribution is -2.24. The van der Waals surface area contributed by atoms with Gasteiger partial charge < -0.3 is 5.32 Å². The molecule has 0 aliphatic rings. The summed E-state index contributed by atoms with van der Waals surface area (Å²) in [4.78, 5) is 4.26. The lowest BCUT2D eigenvalue weighted by atomic mass is 9.92. The SMILES string of the molecule is CCCNC(c1cccnc1)c1c(C)cccc1C. The number of hydrogen-bond acceptors (Lipinski definition) is 2. The molecule has 0 aliphatic heterocycles. The third-order valence-corrected chi connectivity index (χ3v) is 3.45. The third-order valence-electron chi connectivity index (χ3n) is 3.45. The van der Waals surface area contributed by atoms with Crippen LogP contribution in [0.1, 0.15) is 41.6 Å². The summed E-state index contributed by atoms with van der Waals surface area (Å²) >= 11 is 0. The summed E-state index contributed by atoms with van der Waals surface area (Å²) in [7, 11) is 0. The molecule has 1 aromatic carbocycles. The van der Waals surface area contributed by atoms with Crippen molar-refractivity contribution >= 4 is 0 Å². The lowest BCUT2D eigenvalue weighted by molar-refractivity contribution is 0.592. The second-order valence-corrected chi connectivity index (χ2v) is 4.98. The molecule has 100 valence electrons. The Hall–Kier alpha value is -1.67. The van der Waals surface area contributed by atoms with Crippen LogP contribution >= 0.6 is 0 Å². The molecule has 2 heteroatoms. The summed E-state index contributed by atoms with van der Waals surface area (Å²) < 4.78 is 0. The van der Waals surface area contributed by atoms with E-state index in [9.17, 15) is 0 Å². The first-order chi connectivity index (χ1) is 9.24. The fourth-order valence-electron chi connectivity index (χ4n) is 2.50. The highest BCUT2D eigenvalue weighted by Gasteiger charge is 2.17. The van der Waals surface area contributed by atoms with Gasteiger partial charge in [0, 0.05) is 12.4 Å². The summed E-state index contributed by atoms with van der Waals surface area (Å²) in [6.07, 6.45) is 4.91. The van der Waals surface area contributed by atoms with Crippen LogP contribution < -0.4 is 5.32 Å². The van der Waals surface area contributed by atoms with Gasteiger partial charge >= 0.3 is 0 Å². The Morgan fingerprint density at radius 2 is 1.84 bits per heavy atom. The van der Waals surface area contributed by atoms with E-state index >= 15 is 0 Å². The molecule has 0 saturated heterocycles. The first-order valence-electron chi connectivity index (χ1n) is 6.93. The number of hydrogen-bond donors (Lipinski definition) is 1. The number of benzene rings is 1. The molecule has 0 radical (unpaired) electrons. The van der Waals surface area contributed by atoms with Gasteiger partial charge in [0.1, 0.15) is 0 Å². The zero-order valence-electron chi connectivity index (χ0n) is 12.0. The van der Waals surface area contributed by atoms with E-state index in [0.717, 1.165) is 13.0 Å². The van der Waals surface area contributed by atoms with Crippen molar-refractivity contribution in [2.45, 2.75) is 33.2 Å². The Morgan fingerprint density at radius 1 is 1.11 bits per heavy atom. The number of aromatic nitrogens is 1. The molecule has 0 fully saturated rings. The fourth-order valence-corrected chi connectivity index (χ4v) is 2.50. The number of pyridine rings is 1. The van der Waals surface area contributed by atoms with Crippen LogP contribution in [-0.4, -0.2) is 11.5 Å². The molecule has 1 unspecified atom stereocenters. The molecule has 2 aromatic rings. The molecule has 2 rings (SSSR count). The van der Waals surface area contributed by atoms with E-state index in [-0.39, 0.29) is 6.04 Å². The number of rotatable bonds is 5. The van der Waals surface area contributed by atoms with Crippen LogP contribution in [0, 0.1) is 13.8 Å². The number of nitrogens with one attached hydrogen (secondary N) is 1. The van der Waals surface area contributed by atoms with Crippen LogP contribution in [0.3, 0.4) is 0 Å². The van der Waals surface area contributed by atoms with Crippen molar-refractivity contribution in [3.05, 3.63) is 65.0 Å². The van der Waals surface area contributed by atoms with E-state index in [2.05, 4.69) is 55.3 Å². The van der Waals surface area contributed by atoms with Crippen molar-refractivity contribution < 1.29 is 0 Å². The largest absolute Gasteiger partial charge is 0.306 e. The van der Waals surface area contributed by atoms with Gasteiger partial charge in [0.25, 0.3) is 0 Å². The van der Waals surface area contributed by atoms with Gasteiger partial charge in [0.05, 0.1) is 6.04 Å². The van der Waals surface area contributed by atoms with E-state index in [1.54, 1.807) is 0 Å². The Labute approximate surface area is 115 Å². The molecule has 0 amide bonds. The maximum atomic E-state index is 4.26. The van der Waals surface area contributed by atoms with Gasteiger partial charge in [-0.1, -0.05) is 31.2 Å². The quantitative estimate of drug-likeness (QED) is 0.878. The predicted molar refractivity (Wildman–Crippen MR) is 80.3 cm³/mol. The van der Waals surface area contributed by atoms with Crippen molar-refractivity contribution in [3.8, 4) is 0 Å². The number of nitrogens with zero attached hydrogens (tertiary/aromatic N) is 1. The van der Waals surface area contributed by atoms with Crippen molar-refractivity contribution in [2.24, 2.45) is 0 Å². The average molecular weight is 254 g/mol. The van der Waals surface area contributed by atoms with Crippen LogP contribution in [-0.2, 0) is 0 Å². The van der Waals surface area contributed by atoms with E-state index < -0.39 is 0 Å². The molecule has 1 atom stereocenters. The molecule has 0 bridgehead atoms. The zero-order valence-corrected chi connectivity index (χ0v) is 12.0. The molecule has 1 N–H and O–H groups in total. The molecule has 1 heterocycles. The predicted octanol–water partition coefficient (Wildman–Crippen LogP) is 3.79. The standard InChI is InChI=1S/C17H22N2/c1-4-10-19-17(15-9-6-11-18-12-15)16-13(2)7-5-8-14(16)3/h5-9,11-12,17,19H,4,10H2,1-3H3. The normalized spacial score (nSPS) is 12.4. The van der Waals surface area contributed by atoms with Crippen molar-refractivity contribution in [2.75, 3.05) is 6.54 Å². The minimum atomic E-state index is 0.231. The first kappa shape index (κ1) is 13.8. The first-order valence-corrected chi connectivity index (χ1v) is 6.93. The van der Waals surface area contributed by atoms with Crippen molar-refractivity contribution in [1.29, 1.82) is 0 Å². The average Bonchev–Trinajstić information content (AvgIpc) is 2.43.